The monoisotopic (exact) mass is 265 g/mol. The van der Waals surface area contributed by atoms with E-state index >= 15 is 0 Å². The molecule has 0 radical (unpaired) electrons. The Labute approximate surface area is 119 Å². The van der Waals surface area contributed by atoms with Crippen LogP contribution in [0.1, 0.15) is 25.5 Å². The molecule has 2 N–H and O–H groups in total. The first-order valence-electron chi connectivity index (χ1n) is 6.96. The van der Waals surface area contributed by atoms with Crippen LogP contribution in [0.3, 0.4) is 0 Å². The van der Waals surface area contributed by atoms with Crippen LogP contribution in [0.5, 0.6) is 0 Å². The summed E-state index contributed by atoms with van der Waals surface area (Å²) >= 11 is 0. The second-order valence-corrected chi connectivity index (χ2v) is 5.32. The summed E-state index contributed by atoms with van der Waals surface area (Å²) in [5.41, 5.74) is 9.38. The van der Waals surface area contributed by atoms with Crippen LogP contribution in [0.2, 0.25) is 0 Å². The van der Waals surface area contributed by atoms with Gasteiger partial charge >= 0.3 is 0 Å². The van der Waals surface area contributed by atoms with E-state index in [0.717, 1.165) is 5.56 Å². The molecule has 0 bridgehead atoms. The van der Waals surface area contributed by atoms with Crippen molar-refractivity contribution in [1.82, 2.24) is 9.78 Å². The number of fused-ring (bicyclic) bond motifs is 1. The minimum atomic E-state index is 0.373. The maximum Gasteiger partial charge on any atom is 0.0568 e. The van der Waals surface area contributed by atoms with Gasteiger partial charge in [-0.2, -0.15) is 5.10 Å². The van der Waals surface area contributed by atoms with E-state index < -0.39 is 0 Å². The smallest absolute Gasteiger partial charge is 0.0568 e. The lowest BCUT2D eigenvalue weighted by Gasteiger charge is -2.09. The summed E-state index contributed by atoms with van der Waals surface area (Å²) in [6.45, 7) is 4.82. The maximum absolute atomic E-state index is 5.83. The number of hydrogen-bond acceptors (Lipinski definition) is 2. The van der Waals surface area contributed by atoms with Gasteiger partial charge in [0.1, 0.15) is 0 Å². The number of nitrogens with two attached hydrogens (primary N) is 1. The van der Waals surface area contributed by atoms with Crippen molar-refractivity contribution in [1.29, 1.82) is 0 Å². The SMILES string of the molecule is CC(C)n1cc(-c2ccc(CN)c3ccccc23)cn1. The number of rotatable bonds is 3. The molecule has 0 aliphatic heterocycles. The Morgan fingerprint density at radius 3 is 2.50 bits per heavy atom. The molecule has 0 saturated carbocycles. The van der Waals surface area contributed by atoms with Crippen molar-refractivity contribution in [2.45, 2.75) is 26.4 Å². The van der Waals surface area contributed by atoms with Gasteiger partial charge in [0.2, 0.25) is 0 Å². The first-order chi connectivity index (χ1) is 9.70. The van der Waals surface area contributed by atoms with Crippen molar-refractivity contribution in [3.05, 3.63) is 54.4 Å². The van der Waals surface area contributed by atoms with Crippen molar-refractivity contribution in [2.75, 3.05) is 0 Å². The zero-order chi connectivity index (χ0) is 14.1. The fourth-order valence-electron chi connectivity index (χ4n) is 2.55. The molecule has 102 valence electrons. The van der Waals surface area contributed by atoms with Gasteiger partial charge in [-0.3, -0.25) is 4.68 Å². The molecule has 0 atom stereocenters. The highest BCUT2D eigenvalue weighted by molar-refractivity contribution is 5.98. The second kappa shape index (κ2) is 5.10. The van der Waals surface area contributed by atoms with Crippen LogP contribution in [0.4, 0.5) is 0 Å². The molecule has 0 amide bonds. The summed E-state index contributed by atoms with van der Waals surface area (Å²) in [5, 5.41) is 6.90. The van der Waals surface area contributed by atoms with Crippen molar-refractivity contribution >= 4 is 10.8 Å². The summed E-state index contributed by atoms with van der Waals surface area (Å²) in [4.78, 5) is 0. The molecule has 0 saturated heterocycles. The summed E-state index contributed by atoms with van der Waals surface area (Å²) in [5.74, 6) is 0. The van der Waals surface area contributed by atoms with Crippen LogP contribution in [0.25, 0.3) is 21.9 Å². The fraction of sp³-hybridized carbons (Fsp3) is 0.235. The topological polar surface area (TPSA) is 43.8 Å². The highest BCUT2D eigenvalue weighted by Crippen LogP contribution is 2.30. The molecule has 1 aromatic heterocycles. The molecule has 3 nitrogen and oxygen atoms in total. The second-order valence-electron chi connectivity index (χ2n) is 5.32. The molecule has 20 heavy (non-hydrogen) atoms. The number of nitrogens with zero attached hydrogens (tertiary/aromatic N) is 2. The van der Waals surface area contributed by atoms with E-state index in [-0.39, 0.29) is 0 Å². The zero-order valence-electron chi connectivity index (χ0n) is 11.9. The Morgan fingerprint density at radius 1 is 1.10 bits per heavy atom. The zero-order valence-corrected chi connectivity index (χ0v) is 11.9. The van der Waals surface area contributed by atoms with Crippen molar-refractivity contribution in [2.24, 2.45) is 5.73 Å². The van der Waals surface area contributed by atoms with Gasteiger partial charge in [-0.25, -0.2) is 0 Å². The molecule has 1 heterocycles. The highest BCUT2D eigenvalue weighted by atomic mass is 15.3. The highest BCUT2D eigenvalue weighted by Gasteiger charge is 2.09. The fourth-order valence-corrected chi connectivity index (χ4v) is 2.55. The molecule has 0 aliphatic rings. The van der Waals surface area contributed by atoms with Gasteiger partial charge in [-0.1, -0.05) is 36.4 Å². The first-order valence-corrected chi connectivity index (χ1v) is 6.96. The van der Waals surface area contributed by atoms with E-state index in [9.17, 15) is 0 Å². The van der Waals surface area contributed by atoms with Gasteiger partial charge in [0, 0.05) is 24.3 Å². The molecule has 0 aliphatic carbocycles. The lowest BCUT2D eigenvalue weighted by molar-refractivity contribution is 0.532. The summed E-state index contributed by atoms with van der Waals surface area (Å²) in [7, 11) is 0. The number of benzene rings is 2. The van der Waals surface area contributed by atoms with Gasteiger partial charge in [-0.15, -0.1) is 0 Å². The minimum Gasteiger partial charge on any atom is -0.326 e. The molecule has 2 aromatic carbocycles. The third kappa shape index (κ3) is 2.10. The first kappa shape index (κ1) is 12.9. The van der Waals surface area contributed by atoms with Crippen LogP contribution in [-0.4, -0.2) is 9.78 Å². The third-order valence-electron chi connectivity index (χ3n) is 3.68. The van der Waals surface area contributed by atoms with Crippen molar-refractivity contribution < 1.29 is 0 Å². The number of hydrogen-bond donors (Lipinski definition) is 1. The van der Waals surface area contributed by atoms with Crippen molar-refractivity contribution in [3.8, 4) is 11.1 Å². The Bertz CT molecular complexity index is 741. The predicted octanol–water partition coefficient (Wildman–Crippen LogP) is 3.74. The van der Waals surface area contributed by atoms with Crippen LogP contribution in [0, 0.1) is 0 Å². The Hall–Kier alpha value is -2.13. The predicted molar refractivity (Wildman–Crippen MR) is 83.4 cm³/mol. The van der Waals surface area contributed by atoms with Crippen LogP contribution < -0.4 is 5.73 Å². The molecule has 0 unspecified atom stereocenters. The lowest BCUT2D eigenvalue weighted by atomic mass is 9.96. The molecule has 3 heteroatoms. The Morgan fingerprint density at radius 2 is 1.85 bits per heavy atom. The van der Waals surface area contributed by atoms with Gasteiger partial charge in [0.25, 0.3) is 0 Å². The quantitative estimate of drug-likeness (QED) is 0.784. The molecule has 3 rings (SSSR count). The van der Waals surface area contributed by atoms with Gasteiger partial charge in [-0.05, 0) is 35.7 Å². The van der Waals surface area contributed by atoms with Crippen LogP contribution in [0.15, 0.2) is 48.8 Å². The van der Waals surface area contributed by atoms with E-state index in [1.165, 1.54) is 21.9 Å². The van der Waals surface area contributed by atoms with Crippen LogP contribution in [-0.2, 0) is 6.54 Å². The van der Waals surface area contributed by atoms with Crippen LogP contribution >= 0.6 is 0 Å². The molecule has 3 aromatic rings. The molecular weight excluding hydrogens is 246 g/mol. The van der Waals surface area contributed by atoms with Gasteiger partial charge < -0.3 is 5.73 Å². The van der Waals surface area contributed by atoms with Crippen molar-refractivity contribution in [3.63, 3.8) is 0 Å². The molecule has 0 fully saturated rings. The van der Waals surface area contributed by atoms with E-state index in [1.54, 1.807) is 0 Å². The summed E-state index contributed by atoms with van der Waals surface area (Å²) < 4.78 is 1.99. The third-order valence-corrected chi connectivity index (χ3v) is 3.68. The van der Waals surface area contributed by atoms with E-state index in [0.29, 0.717) is 12.6 Å². The largest absolute Gasteiger partial charge is 0.326 e. The average Bonchev–Trinajstić information content (AvgIpc) is 2.96. The maximum atomic E-state index is 5.83. The minimum absolute atomic E-state index is 0.373. The summed E-state index contributed by atoms with van der Waals surface area (Å²) in [6, 6.07) is 13.0. The standard InChI is InChI=1S/C17H19N3/c1-12(2)20-11-14(10-19-20)16-8-7-13(9-18)15-5-3-4-6-17(15)16/h3-8,10-12H,9,18H2,1-2H3. The van der Waals surface area contributed by atoms with Gasteiger partial charge in [0.05, 0.1) is 6.20 Å². The number of aromatic nitrogens is 2. The Balaban J connectivity index is 2.21. The van der Waals surface area contributed by atoms with E-state index in [2.05, 4.69) is 61.5 Å². The average molecular weight is 265 g/mol. The van der Waals surface area contributed by atoms with E-state index in [4.69, 9.17) is 5.73 Å². The summed E-state index contributed by atoms with van der Waals surface area (Å²) in [6.07, 6.45) is 4.04. The van der Waals surface area contributed by atoms with E-state index in [1.807, 2.05) is 10.9 Å². The molecular formula is C17H19N3. The Kier molecular flexibility index (Phi) is 3.28. The lowest BCUT2D eigenvalue weighted by Crippen LogP contribution is -1.99. The molecule has 0 spiro atoms. The normalized spacial score (nSPS) is 11.4. The van der Waals surface area contributed by atoms with Gasteiger partial charge in [0.15, 0.2) is 0 Å².